The minimum Gasteiger partial charge on any atom is -0.316 e. The van der Waals surface area contributed by atoms with Crippen LogP contribution in [0, 0.1) is 6.92 Å². The summed E-state index contributed by atoms with van der Waals surface area (Å²) in [7, 11) is 0. The number of hydrogen-bond acceptors (Lipinski definition) is 7. The van der Waals surface area contributed by atoms with Crippen LogP contribution in [0.1, 0.15) is 30.3 Å². The lowest BCUT2D eigenvalue weighted by Gasteiger charge is -2.22. The van der Waals surface area contributed by atoms with E-state index in [1.54, 1.807) is 5.51 Å². The normalized spacial score (nSPS) is 19.3. The van der Waals surface area contributed by atoms with E-state index in [4.69, 9.17) is 0 Å². The van der Waals surface area contributed by atoms with Crippen LogP contribution in [-0.2, 0) is 0 Å². The van der Waals surface area contributed by atoms with Crippen LogP contribution >= 0.6 is 11.3 Å². The van der Waals surface area contributed by atoms with Crippen LogP contribution < -0.4 is 10.6 Å². The Hall–Kier alpha value is -1.60. The van der Waals surface area contributed by atoms with Crippen LogP contribution in [-0.4, -0.2) is 33.3 Å². The molecule has 2 aromatic heterocycles. The van der Waals surface area contributed by atoms with Crippen LogP contribution in [0.5, 0.6) is 0 Å². The van der Waals surface area contributed by atoms with Gasteiger partial charge in [0, 0.05) is 24.2 Å². The molecule has 7 heteroatoms. The molecule has 1 unspecified atom stereocenters. The van der Waals surface area contributed by atoms with Crippen molar-refractivity contribution in [1.82, 2.24) is 25.5 Å². The minimum absolute atomic E-state index is 0.406. The van der Waals surface area contributed by atoms with Crippen LogP contribution in [0.2, 0.25) is 0 Å². The third-order valence-corrected chi connectivity index (χ3v) is 3.74. The molecule has 0 saturated carbocycles. The van der Waals surface area contributed by atoms with E-state index < -0.39 is 0 Å². The second-order valence-corrected chi connectivity index (χ2v) is 5.50. The van der Waals surface area contributed by atoms with Crippen molar-refractivity contribution in [2.45, 2.75) is 25.7 Å². The summed E-state index contributed by atoms with van der Waals surface area (Å²) < 4.78 is 0. The van der Waals surface area contributed by atoms with E-state index in [0.717, 1.165) is 42.0 Å². The summed E-state index contributed by atoms with van der Waals surface area (Å²) in [5, 5.41) is 15.1. The van der Waals surface area contributed by atoms with Crippen LogP contribution in [0.25, 0.3) is 0 Å². The molecule has 0 spiro atoms. The Morgan fingerprint density at radius 2 is 2.37 bits per heavy atom. The summed E-state index contributed by atoms with van der Waals surface area (Å²) in [5.74, 6) is 2.12. The topological polar surface area (TPSA) is 75.6 Å². The molecule has 19 heavy (non-hydrogen) atoms. The number of anilines is 2. The van der Waals surface area contributed by atoms with Gasteiger partial charge in [-0.05, 0) is 26.3 Å². The van der Waals surface area contributed by atoms with Gasteiger partial charge in [0.1, 0.15) is 17.2 Å². The lowest BCUT2D eigenvalue weighted by molar-refractivity contribution is 0.446. The van der Waals surface area contributed by atoms with Gasteiger partial charge >= 0.3 is 0 Å². The number of rotatable bonds is 3. The predicted octanol–water partition coefficient (Wildman–Crippen LogP) is 1.85. The Balaban J connectivity index is 1.82. The van der Waals surface area contributed by atoms with E-state index in [1.165, 1.54) is 17.8 Å². The van der Waals surface area contributed by atoms with Gasteiger partial charge in [-0.3, -0.25) is 0 Å². The number of aryl methyl sites for hydroxylation is 1. The molecule has 1 aliphatic rings. The first-order valence-corrected chi connectivity index (χ1v) is 7.29. The third-order valence-electron chi connectivity index (χ3n) is 3.13. The van der Waals surface area contributed by atoms with Crippen molar-refractivity contribution in [3.8, 4) is 0 Å². The number of nitrogens with one attached hydrogen (secondary N) is 2. The summed E-state index contributed by atoms with van der Waals surface area (Å²) in [5.41, 5.74) is 2.67. The molecule has 1 atom stereocenters. The van der Waals surface area contributed by atoms with Gasteiger partial charge in [0.15, 0.2) is 0 Å². The molecule has 100 valence electrons. The van der Waals surface area contributed by atoms with Crippen molar-refractivity contribution >= 4 is 22.3 Å². The standard InChI is InChI=1S/C12H16N6S/c1-8-5-10(17-12-18-14-7-19-12)16-11(15-8)9-3-2-4-13-6-9/h5,7,9,13H,2-4,6H2,1H3,(H,15,16,17,18). The zero-order valence-electron chi connectivity index (χ0n) is 10.8. The summed E-state index contributed by atoms with van der Waals surface area (Å²) in [6, 6.07) is 1.93. The summed E-state index contributed by atoms with van der Waals surface area (Å²) in [4.78, 5) is 9.17. The average Bonchev–Trinajstić information content (AvgIpc) is 2.92. The zero-order chi connectivity index (χ0) is 13.1. The van der Waals surface area contributed by atoms with Crippen molar-refractivity contribution in [3.05, 3.63) is 23.1 Å². The van der Waals surface area contributed by atoms with Crippen molar-refractivity contribution in [1.29, 1.82) is 0 Å². The fraction of sp³-hybridized carbons (Fsp3) is 0.500. The highest BCUT2D eigenvalue weighted by Crippen LogP contribution is 2.23. The van der Waals surface area contributed by atoms with E-state index in [1.807, 2.05) is 13.0 Å². The summed E-state index contributed by atoms with van der Waals surface area (Å²) in [6.07, 6.45) is 2.33. The Bertz CT molecular complexity index is 535. The van der Waals surface area contributed by atoms with Crippen LogP contribution in [0.4, 0.5) is 10.9 Å². The SMILES string of the molecule is Cc1cc(Nc2nncs2)nc(C2CCCNC2)n1. The average molecular weight is 276 g/mol. The van der Waals surface area contributed by atoms with E-state index in [0.29, 0.717) is 5.92 Å². The van der Waals surface area contributed by atoms with Crippen molar-refractivity contribution in [2.75, 3.05) is 18.4 Å². The number of piperidine rings is 1. The molecule has 0 amide bonds. The molecule has 0 bridgehead atoms. The van der Waals surface area contributed by atoms with Crippen molar-refractivity contribution in [3.63, 3.8) is 0 Å². The smallest absolute Gasteiger partial charge is 0.210 e. The van der Waals surface area contributed by atoms with E-state index in [-0.39, 0.29) is 0 Å². The van der Waals surface area contributed by atoms with Crippen LogP contribution in [0.15, 0.2) is 11.6 Å². The second-order valence-electron chi connectivity index (χ2n) is 4.66. The van der Waals surface area contributed by atoms with Gasteiger partial charge in [-0.2, -0.15) is 0 Å². The Labute approximate surface area is 115 Å². The summed E-state index contributed by atoms with van der Waals surface area (Å²) in [6.45, 7) is 4.05. The largest absolute Gasteiger partial charge is 0.316 e. The van der Waals surface area contributed by atoms with Crippen molar-refractivity contribution in [2.24, 2.45) is 0 Å². The number of aromatic nitrogens is 4. The molecular weight excluding hydrogens is 260 g/mol. The predicted molar refractivity (Wildman–Crippen MR) is 74.8 cm³/mol. The Morgan fingerprint density at radius 3 is 3.11 bits per heavy atom. The molecule has 0 radical (unpaired) electrons. The van der Waals surface area contributed by atoms with Gasteiger partial charge in [0.25, 0.3) is 0 Å². The van der Waals surface area contributed by atoms with Crippen LogP contribution in [0.3, 0.4) is 0 Å². The van der Waals surface area contributed by atoms with Gasteiger partial charge < -0.3 is 10.6 Å². The molecular formula is C12H16N6S. The molecule has 6 nitrogen and oxygen atoms in total. The molecule has 2 N–H and O–H groups in total. The lowest BCUT2D eigenvalue weighted by atomic mass is 9.99. The Morgan fingerprint density at radius 1 is 1.42 bits per heavy atom. The number of nitrogens with zero attached hydrogens (tertiary/aromatic N) is 4. The fourth-order valence-electron chi connectivity index (χ4n) is 2.25. The maximum absolute atomic E-state index is 4.61. The molecule has 1 fully saturated rings. The van der Waals surface area contributed by atoms with Crippen molar-refractivity contribution < 1.29 is 0 Å². The molecule has 1 saturated heterocycles. The highest BCUT2D eigenvalue weighted by molar-refractivity contribution is 7.13. The highest BCUT2D eigenvalue weighted by Gasteiger charge is 2.18. The third kappa shape index (κ3) is 3.05. The van der Waals surface area contributed by atoms with E-state index >= 15 is 0 Å². The monoisotopic (exact) mass is 276 g/mol. The number of hydrogen-bond donors (Lipinski definition) is 2. The lowest BCUT2D eigenvalue weighted by Crippen LogP contribution is -2.29. The summed E-state index contributed by atoms with van der Waals surface area (Å²) >= 11 is 1.46. The molecule has 1 aliphatic heterocycles. The second kappa shape index (κ2) is 5.58. The molecule has 0 aliphatic carbocycles. The molecule has 0 aromatic carbocycles. The molecule has 2 aromatic rings. The Kier molecular flexibility index (Phi) is 3.65. The quantitative estimate of drug-likeness (QED) is 0.891. The van der Waals surface area contributed by atoms with E-state index in [9.17, 15) is 0 Å². The molecule has 3 rings (SSSR count). The van der Waals surface area contributed by atoms with Gasteiger partial charge in [0.2, 0.25) is 5.13 Å². The first-order chi connectivity index (χ1) is 9.31. The molecule has 3 heterocycles. The van der Waals surface area contributed by atoms with Gasteiger partial charge in [0.05, 0.1) is 0 Å². The maximum atomic E-state index is 4.61. The van der Waals surface area contributed by atoms with Gasteiger partial charge in [-0.1, -0.05) is 11.3 Å². The highest BCUT2D eigenvalue weighted by atomic mass is 32.1. The zero-order valence-corrected chi connectivity index (χ0v) is 11.6. The van der Waals surface area contributed by atoms with Gasteiger partial charge in [-0.15, -0.1) is 10.2 Å². The van der Waals surface area contributed by atoms with Gasteiger partial charge in [-0.25, -0.2) is 9.97 Å². The minimum atomic E-state index is 0.406. The fourth-order valence-corrected chi connectivity index (χ4v) is 2.70. The maximum Gasteiger partial charge on any atom is 0.210 e. The first kappa shape index (κ1) is 12.4. The van der Waals surface area contributed by atoms with E-state index in [2.05, 4.69) is 30.8 Å². The first-order valence-electron chi connectivity index (χ1n) is 6.41.